The number of anilines is 1. The number of carbonyl (C=O) groups excluding carboxylic acids is 1. The number of aromatic amines is 1. The second-order valence-electron chi connectivity index (χ2n) is 5.97. The van der Waals surface area contributed by atoms with Gasteiger partial charge in [-0.25, -0.2) is 18.9 Å². The van der Waals surface area contributed by atoms with Crippen molar-refractivity contribution in [3.63, 3.8) is 0 Å². The largest absolute Gasteiger partial charge is 0.323 e. The highest BCUT2D eigenvalue weighted by atomic mass is 35.5. The Morgan fingerprint density at radius 1 is 1.17 bits per heavy atom. The van der Waals surface area contributed by atoms with Crippen LogP contribution in [0.4, 0.5) is 10.1 Å². The van der Waals surface area contributed by atoms with Gasteiger partial charge in [0.1, 0.15) is 5.82 Å². The quantitative estimate of drug-likeness (QED) is 0.473. The number of halogens is 2. The molecule has 146 valence electrons. The first-order valence-corrected chi connectivity index (χ1v) is 9.79. The van der Waals surface area contributed by atoms with Crippen molar-refractivity contribution < 1.29 is 9.18 Å². The minimum atomic E-state index is -0.518. The van der Waals surface area contributed by atoms with Crippen molar-refractivity contribution in [1.82, 2.24) is 19.6 Å². The van der Waals surface area contributed by atoms with Gasteiger partial charge >= 0.3 is 0 Å². The third-order valence-electron chi connectivity index (χ3n) is 3.91. The lowest BCUT2D eigenvalue weighted by Gasteiger charge is -2.08. The summed E-state index contributed by atoms with van der Waals surface area (Å²) < 4.78 is 15.1. The van der Waals surface area contributed by atoms with Crippen LogP contribution in [-0.2, 0) is 4.79 Å². The number of hydrogen-bond donors (Lipinski definition) is 2. The van der Waals surface area contributed by atoms with E-state index >= 15 is 0 Å². The van der Waals surface area contributed by atoms with E-state index in [0.717, 1.165) is 11.8 Å². The number of carbonyl (C=O) groups is 1. The molecule has 0 aliphatic carbocycles. The molecule has 4 rings (SSSR count). The Balaban J connectivity index is 1.60. The fourth-order valence-corrected chi connectivity index (χ4v) is 3.47. The molecular formula is C19H13ClFN5O2S. The summed E-state index contributed by atoms with van der Waals surface area (Å²) in [7, 11) is 0. The summed E-state index contributed by atoms with van der Waals surface area (Å²) in [6.45, 7) is 0. The van der Waals surface area contributed by atoms with Crippen LogP contribution in [0.2, 0.25) is 5.02 Å². The van der Waals surface area contributed by atoms with E-state index < -0.39 is 11.7 Å². The van der Waals surface area contributed by atoms with Gasteiger partial charge in [-0.05, 0) is 36.4 Å². The van der Waals surface area contributed by atoms with E-state index in [1.54, 1.807) is 30.3 Å². The predicted molar refractivity (Wildman–Crippen MR) is 110 cm³/mol. The molecule has 0 aliphatic rings. The van der Waals surface area contributed by atoms with E-state index in [-0.39, 0.29) is 17.0 Å². The lowest BCUT2D eigenvalue weighted by atomic mass is 10.2. The number of aromatic nitrogens is 4. The van der Waals surface area contributed by atoms with Gasteiger partial charge in [0.25, 0.3) is 5.56 Å². The van der Waals surface area contributed by atoms with Gasteiger partial charge in [-0.1, -0.05) is 35.5 Å². The zero-order valence-corrected chi connectivity index (χ0v) is 16.3. The number of nitrogens with one attached hydrogen (secondary N) is 2. The van der Waals surface area contributed by atoms with Crippen molar-refractivity contribution in [3.8, 4) is 11.4 Å². The first-order chi connectivity index (χ1) is 14.0. The monoisotopic (exact) mass is 429 g/mol. The molecule has 2 N–H and O–H groups in total. The lowest BCUT2D eigenvalue weighted by Crippen LogP contribution is -2.16. The fourth-order valence-electron chi connectivity index (χ4n) is 2.59. The summed E-state index contributed by atoms with van der Waals surface area (Å²) in [4.78, 5) is 32.8. The molecule has 2 aromatic carbocycles. The van der Waals surface area contributed by atoms with Crippen LogP contribution in [0.25, 0.3) is 17.0 Å². The van der Waals surface area contributed by atoms with E-state index in [2.05, 4.69) is 20.4 Å². The Bertz CT molecular complexity index is 1260. The number of para-hydroxylation sites is 1. The second-order valence-corrected chi connectivity index (χ2v) is 7.35. The molecule has 0 radical (unpaired) electrons. The number of H-pyrrole nitrogens is 1. The van der Waals surface area contributed by atoms with Crippen LogP contribution in [0, 0.1) is 5.82 Å². The second kappa shape index (κ2) is 8.06. The first kappa shape index (κ1) is 19.2. The van der Waals surface area contributed by atoms with Crippen LogP contribution < -0.4 is 10.9 Å². The zero-order valence-electron chi connectivity index (χ0n) is 14.7. The molecule has 1 amide bonds. The third kappa shape index (κ3) is 4.30. The van der Waals surface area contributed by atoms with Crippen LogP contribution in [0.3, 0.4) is 0 Å². The average Bonchev–Trinajstić information content (AvgIpc) is 3.08. The van der Waals surface area contributed by atoms with Gasteiger partial charge in [-0.3, -0.25) is 14.7 Å². The van der Waals surface area contributed by atoms with Gasteiger partial charge in [0.15, 0.2) is 16.6 Å². The summed E-state index contributed by atoms with van der Waals surface area (Å²) >= 11 is 7.01. The van der Waals surface area contributed by atoms with Crippen LogP contribution in [0.5, 0.6) is 0 Å². The number of nitrogens with zero attached hydrogens (tertiary/aromatic N) is 3. The molecule has 0 bridgehead atoms. The third-order valence-corrected chi connectivity index (χ3v) is 5.10. The van der Waals surface area contributed by atoms with Gasteiger partial charge in [-0.15, -0.1) is 0 Å². The van der Waals surface area contributed by atoms with Crippen LogP contribution >= 0.6 is 23.4 Å². The Labute approximate surface area is 172 Å². The summed E-state index contributed by atoms with van der Waals surface area (Å²) in [6.07, 6.45) is 0. The molecule has 10 heteroatoms. The minimum absolute atomic E-state index is 0.0410. The average molecular weight is 430 g/mol. The lowest BCUT2D eigenvalue weighted by molar-refractivity contribution is -0.113. The highest BCUT2D eigenvalue weighted by Crippen LogP contribution is 2.23. The maximum atomic E-state index is 13.7. The fraction of sp³-hybridized carbons (Fsp3) is 0.0526. The van der Waals surface area contributed by atoms with Crippen molar-refractivity contribution >= 4 is 40.6 Å². The molecule has 2 aromatic heterocycles. The molecule has 0 saturated carbocycles. The maximum absolute atomic E-state index is 13.7. The number of fused-ring (bicyclic) bond motifs is 1. The van der Waals surface area contributed by atoms with E-state index in [1.807, 2.05) is 0 Å². The molecule has 0 spiro atoms. The Kier molecular flexibility index (Phi) is 5.32. The van der Waals surface area contributed by atoms with E-state index in [4.69, 9.17) is 11.6 Å². The molecule has 0 saturated heterocycles. The molecule has 0 aliphatic heterocycles. The Morgan fingerprint density at radius 3 is 2.69 bits per heavy atom. The summed E-state index contributed by atoms with van der Waals surface area (Å²) in [6, 6.07) is 14.2. The molecule has 0 fully saturated rings. The number of hydrogen-bond acceptors (Lipinski definition) is 5. The Morgan fingerprint density at radius 2 is 1.93 bits per heavy atom. The smallest absolute Gasteiger partial charge is 0.266 e. The summed E-state index contributed by atoms with van der Waals surface area (Å²) in [5.41, 5.74) is 0.836. The molecule has 0 atom stereocenters. The maximum Gasteiger partial charge on any atom is 0.266 e. The van der Waals surface area contributed by atoms with Crippen LogP contribution in [0.1, 0.15) is 0 Å². The predicted octanol–water partition coefficient (Wildman–Crippen LogP) is 3.61. The SMILES string of the molecule is O=C(CSc1nc(-c2ccc(Cl)cc2)nc2cc(=O)[nH]n12)Nc1ccccc1F. The molecular weight excluding hydrogens is 417 g/mol. The molecule has 4 aromatic rings. The van der Waals surface area contributed by atoms with Crippen molar-refractivity contribution in [3.05, 3.63) is 75.8 Å². The summed E-state index contributed by atoms with van der Waals surface area (Å²) in [5, 5.41) is 6.05. The number of thioether (sulfide) groups is 1. The highest BCUT2D eigenvalue weighted by molar-refractivity contribution is 7.99. The van der Waals surface area contributed by atoms with Crippen LogP contribution in [-0.4, -0.2) is 31.2 Å². The van der Waals surface area contributed by atoms with Crippen molar-refractivity contribution in [2.24, 2.45) is 0 Å². The standard InChI is InChI=1S/C19H13ClFN5O2S/c20-12-7-5-11(6-8-12)18-23-15-9-16(27)25-26(15)19(24-18)29-10-17(28)22-14-4-2-1-3-13(14)21/h1-9H,10H2,(H,22,28)(H,25,27). The Hall–Kier alpha value is -3.17. The van der Waals surface area contributed by atoms with Gasteiger partial charge in [0.2, 0.25) is 5.91 Å². The van der Waals surface area contributed by atoms with Crippen LogP contribution in [0.15, 0.2) is 64.5 Å². The van der Waals surface area contributed by atoms with Crippen molar-refractivity contribution in [2.45, 2.75) is 5.16 Å². The highest BCUT2D eigenvalue weighted by Gasteiger charge is 2.14. The molecule has 0 unspecified atom stereocenters. The van der Waals surface area contributed by atoms with Gasteiger partial charge < -0.3 is 5.32 Å². The van der Waals surface area contributed by atoms with Gasteiger partial charge in [0.05, 0.1) is 11.4 Å². The molecule has 7 nitrogen and oxygen atoms in total. The first-order valence-electron chi connectivity index (χ1n) is 8.42. The zero-order chi connectivity index (χ0) is 20.4. The van der Waals surface area contributed by atoms with Crippen molar-refractivity contribution in [2.75, 3.05) is 11.1 Å². The van der Waals surface area contributed by atoms with E-state index in [1.165, 1.54) is 28.8 Å². The van der Waals surface area contributed by atoms with E-state index in [9.17, 15) is 14.0 Å². The van der Waals surface area contributed by atoms with Gasteiger partial charge in [-0.2, -0.15) is 0 Å². The van der Waals surface area contributed by atoms with Crippen molar-refractivity contribution in [1.29, 1.82) is 0 Å². The normalized spacial score (nSPS) is 11.0. The number of benzene rings is 2. The molecule has 2 heterocycles. The molecule has 29 heavy (non-hydrogen) atoms. The van der Waals surface area contributed by atoms with Gasteiger partial charge in [0, 0.05) is 16.7 Å². The summed E-state index contributed by atoms with van der Waals surface area (Å²) in [5.74, 6) is -0.581. The number of amides is 1. The minimum Gasteiger partial charge on any atom is -0.323 e. The van der Waals surface area contributed by atoms with E-state index in [0.29, 0.717) is 27.2 Å². The number of rotatable bonds is 5. The topological polar surface area (TPSA) is 92.2 Å².